The number of hydrogen-bond donors (Lipinski definition) is 1. The summed E-state index contributed by atoms with van der Waals surface area (Å²) in [6.07, 6.45) is 0.593. The first-order chi connectivity index (χ1) is 15.2. The number of benzene rings is 1. The first-order valence-electron chi connectivity index (χ1n) is 10.3. The molecule has 4 rings (SSSR count). The summed E-state index contributed by atoms with van der Waals surface area (Å²) in [5.41, 5.74) is -0.0665. The van der Waals surface area contributed by atoms with Crippen molar-refractivity contribution >= 4 is 33.4 Å². The third-order valence-electron chi connectivity index (χ3n) is 5.86. The molecule has 2 amide bonds. The second-order valence-corrected chi connectivity index (χ2v) is 8.68. The Morgan fingerprint density at radius 1 is 1.25 bits per heavy atom. The van der Waals surface area contributed by atoms with Gasteiger partial charge in [0.1, 0.15) is 11.4 Å². The van der Waals surface area contributed by atoms with Crippen molar-refractivity contribution in [2.75, 3.05) is 12.4 Å². The summed E-state index contributed by atoms with van der Waals surface area (Å²) in [5, 5.41) is 2.58. The van der Waals surface area contributed by atoms with E-state index in [1.54, 1.807) is 6.07 Å². The van der Waals surface area contributed by atoms with Crippen LogP contribution in [0.25, 0.3) is 0 Å². The van der Waals surface area contributed by atoms with Crippen LogP contribution in [-0.4, -0.2) is 34.8 Å². The number of fused-ring (bicyclic) bond motifs is 1. The predicted octanol–water partition coefficient (Wildman–Crippen LogP) is 5.41. The number of hydrogen-bond acceptors (Lipinski definition) is 4. The number of nitrogens with one attached hydrogen (secondary N) is 1. The number of alkyl halides is 3. The summed E-state index contributed by atoms with van der Waals surface area (Å²) in [7, 11) is 1.39. The molecule has 0 atom stereocenters. The van der Waals surface area contributed by atoms with E-state index in [-0.39, 0.29) is 29.1 Å². The van der Waals surface area contributed by atoms with Crippen LogP contribution in [0.5, 0.6) is 5.75 Å². The highest BCUT2D eigenvalue weighted by Gasteiger charge is 2.37. The van der Waals surface area contributed by atoms with Gasteiger partial charge in [-0.25, -0.2) is 4.98 Å². The van der Waals surface area contributed by atoms with Crippen LogP contribution in [0.15, 0.2) is 28.7 Å². The minimum Gasteiger partial charge on any atom is -0.493 e. The number of pyridine rings is 1. The van der Waals surface area contributed by atoms with Crippen molar-refractivity contribution in [3.05, 3.63) is 51.3 Å². The molecule has 1 aromatic carbocycles. The van der Waals surface area contributed by atoms with Gasteiger partial charge in [-0.1, -0.05) is 25.3 Å². The Balaban J connectivity index is 1.63. The van der Waals surface area contributed by atoms with Crippen LogP contribution in [0.3, 0.4) is 0 Å². The van der Waals surface area contributed by atoms with Crippen molar-refractivity contribution in [1.82, 2.24) is 9.88 Å². The minimum absolute atomic E-state index is 0.0884. The first-order valence-corrected chi connectivity index (χ1v) is 11.1. The summed E-state index contributed by atoms with van der Waals surface area (Å²) in [6, 6.07) is 4.95. The Morgan fingerprint density at radius 2 is 1.97 bits per heavy atom. The molecular weight excluding hydrogens is 491 g/mol. The lowest BCUT2D eigenvalue weighted by Crippen LogP contribution is -2.36. The number of carbonyl (C=O) groups is 2. The van der Waals surface area contributed by atoms with Crippen molar-refractivity contribution in [3.8, 4) is 5.75 Å². The Bertz CT molecular complexity index is 1070. The average Bonchev–Trinajstić information content (AvgIpc) is 3.10. The number of halogens is 4. The van der Waals surface area contributed by atoms with Gasteiger partial charge in [-0.15, -0.1) is 0 Å². The molecule has 0 unspecified atom stereocenters. The zero-order valence-electron chi connectivity index (χ0n) is 17.3. The molecule has 0 bridgehead atoms. The fourth-order valence-corrected chi connectivity index (χ4v) is 5.12. The number of rotatable bonds is 4. The fraction of sp³-hybridized carbons (Fsp3) is 0.409. The van der Waals surface area contributed by atoms with Crippen LogP contribution in [0, 0.1) is 0 Å². The maximum absolute atomic E-state index is 13.1. The van der Waals surface area contributed by atoms with E-state index in [1.807, 2.05) is 4.90 Å². The summed E-state index contributed by atoms with van der Waals surface area (Å²) in [5.74, 6) is -0.674. The van der Waals surface area contributed by atoms with Gasteiger partial charge in [0.2, 0.25) is 0 Å². The van der Waals surface area contributed by atoms with Gasteiger partial charge in [-0.05, 0) is 52.5 Å². The maximum Gasteiger partial charge on any atom is 0.433 e. The quantitative estimate of drug-likeness (QED) is 0.595. The zero-order valence-corrected chi connectivity index (χ0v) is 18.8. The van der Waals surface area contributed by atoms with Crippen LogP contribution in [-0.2, 0) is 12.7 Å². The van der Waals surface area contributed by atoms with Gasteiger partial charge in [0.25, 0.3) is 11.8 Å². The average molecular weight is 512 g/mol. The molecule has 1 saturated carbocycles. The molecule has 1 aliphatic heterocycles. The van der Waals surface area contributed by atoms with Crippen molar-refractivity contribution in [1.29, 1.82) is 0 Å². The normalized spacial score (nSPS) is 16.8. The minimum atomic E-state index is -4.66. The Hall–Kier alpha value is -2.62. The van der Waals surface area contributed by atoms with Crippen LogP contribution < -0.4 is 10.1 Å². The van der Waals surface area contributed by atoms with Crippen molar-refractivity contribution in [3.63, 3.8) is 0 Å². The van der Waals surface area contributed by atoms with E-state index in [0.717, 1.165) is 43.4 Å². The molecule has 6 nitrogen and oxygen atoms in total. The van der Waals surface area contributed by atoms with Crippen LogP contribution in [0.4, 0.5) is 18.9 Å². The second-order valence-electron chi connectivity index (χ2n) is 7.89. The molecular formula is C22H21BrF3N3O3. The highest BCUT2D eigenvalue weighted by molar-refractivity contribution is 9.10. The highest BCUT2D eigenvalue weighted by atomic mass is 79.9. The highest BCUT2D eigenvalue weighted by Crippen LogP contribution is 2.43. The molecule has 2 aliphatic rings. The lowest BCUT2D eigenvalue weighted by Gasteiger charge is -2.30. The Labute approximate surface area is 191 Å². The zero-order chi connectivity index (χ0) is 23.0. The van der Waals surface area contributed by atoms with Gasteiger partial charge in [0.05, 0.1) is 22.8 Å². The number of ether oxygens (including phenoxy) is 1. The van der Waals surface area contributed by atoms with E-state index < -0.39 is 17.8 Å². The van der Waals surface area contributed by atoms with Gasteiger partial charge < -0.3 is 15.0 Å². The van der Waals surface area contributed by atoms with Gasteiger partial charge in [-0.2, -0.15) is 13.2 Å². The molecule has 32 heavy (non-hydrogen) atoms. The van der Waals surface area contributed by atoms with E-state index in [9.17, 15) is 22.8 Å². The molecule has 1 aliphatic carbocycles. The summed E-state index contributed by atoms with van der Waals surface area (Å²) in [4.78, 5) is 31.0. The molecule has 2 heterocycles. The largest absolute Gasteiger partial charge is 0.493 e. The van der Waals surface area contributed by atoms with Crippen molar-refractivity contribution in [2.24, 2.45) is 0 Å². The van der Waals surface area contributed by atoms with Crippen LogP contribution in [0.1, 0.15) is 64.2 Å². The van der Waals surface area contributed by atoms with Crippen molar-refractivity contribution < 1.29 is 27.5 Å². The fourth-order valence-electron chi connectivity index (χ4n) is 4.32. The molecule has 10 heteroatoms. The number of nitrogens with zero attached hydrogens (tertiary/aromatic N) is 2. The summed E-state index contributed by atoms with van der Waals surface area (Å²) in [6.45, 7) is 0.409. The molecule has 1 aromatic heterocycles. The van der Waals surface area contributed by atoms with Crippen LogP contribution >= 0.6 is 15.9 Å². The Morgan fingerprint density at radius 3 is 2.62 bits per heavy atom. The van der Waals surface area contributed by atoms with E-state index in [4.69, 9.17) is 4.74 Å². The summed E-state index contributed by atoms with van der Waals surface area (Å²) >= 11 is 3.43. The van der Waals surface area contributed by atoms with E-state index >= 15 is 0 Å². The molecule has 170 valence electrons. The molecule has 2 aromatic rings. The second kappa shape index (κ2) is 8.73. The standard InChI is InChI=1S/C22H21BrF3N3O3/c1-32-19-15(28-20(30)14-8-5-9-16(27-14)22(24,25)26)10-12-11-29(13-6-3-2-4-7-13)21(31)17(12)18(19)23/h5,8-10,13H,2-4,6-7,11H2,1H3,(H,28,30). The van der Waals surface area contributed by atoms with E-state index in [2.05, 4.69) is 26.2 Å². The number of methoxy groups -OCH3 is 1. The number of aromatic nitrogens is 1. The maximum atomic E-state index is 13.1. The summed E-state index contributed by atoms with van der Waals surface area (Å²) < 4.78 is 44.7. The van der Waals surface area contributed by atoms with Crippen LogP contribution in [0.2, 0.25) is 0 Å². The van der Waals surface area contributed by atoms with Gasteiger partial charge >= 0.3 is 6.18 Å². The molecule has 0 spiro atoms. The van der Waals surface area contributed by atoms with E-state index in [1.165, 1.54) is 19.6 Å². The Kier molecular flexibility index (Phi) is 6.15. The van der Waals surface area contributed by atoms with Gasteiger partial charge in [-0.3, -0.25) is 9.59 Å². The third kappa shape index (κ3) is 4.20. The SMILES string of the molecule is COc1c(NC(=O)c2cccc(C(F)(F)F)n2)cc2c(c1Br)C(=O)N(C1CCCCC1)C2. The first kappa shape index (κ1) is 22.6. The van der Waals surface area contributed by atoms with Gasteiger partial charge in [0, 0.05) is 12.6 Å². The molecule has 0 radical (unpaired) electrons. The van der Waals surface area contributed by atoms with Crippen molar-refractivity contribution in [2.45, 2.75) is 50.9 Å². The van der Waals surface area contributed by atoms with E-state index in [0.29, 0.717) is 16.6 Å². The predicted molar refractivity (Wildman–Crippen MR) is 115 cm³/mol. The number of anilines is 1. The number of amides is 2. The third-order valence-corrected chi connectivity index (χ3v) is 6.62. The van der Waals surface area contributed by atoms with Gasteiger partial charge in [0.15, 0.2) is 5.75 Å². The lowest BCUT2D eigenvalue weighted by atomic mass is 9.94. The lowest BCUT2D eigenvalue weighted by molar-refractivity contribution is -0.141. The monoisotopic (exact) mass is 511 g/mol. The smallest absolute Gasteiger partial charge is 0.433 e. The molecule has 1 fully saturated rings. The molecule has 1 N–H and O–H groups in total. The molecule has 0 saturated heterocycles. The number of carbonyl (C=O) groups excluding carboxylic acids is 2. The topological polar surface area (TPSA) is 71.5 Å².